The Bertz CT molecular complexity index is 1760. The minimum Gasteiger partial charge on any atom is -0.497 e. The fourth-order valence-electron chi connectivity index (χ4n) is 5.45. The van der Waals surface area contributed by atoms with Gasteiger partial charge in [-0.2, -0.15) is 5.26 Å². The molecular weight excluding hydrogens is 508 g/mol. The molecule has 9 heteroatoms. The summed E-state index contributed by atoms with van der Waals surface area (Å²) < 4.78 is 17.7. The van der Waals surface area contributed by atoms with Crippen LogP contribution in [-0.2, 0) is 25.6 Å². The maximum absolute atomic E-state index is 13.4. The molecule has 1 aliphatic heterocycles. The van der Waals surface area contributed by atoms with Crippen molar-refractivity contribution < 1.29 is 23.8 Å². The van der Waals surface area contributed by atoms with E-state index < -0.39 is 17.9 Å². The van der Waals surface area contributed by atoms with E-state index in [-0.39, 0.29) is 22.7 Å². The molecule has 2 N–H and O–H groups in total. The van der Waals surface area contributed by atoms with Crippen LogP contribution < -0.4 is 15.4 Å². The summed E-state index contributed by atoms with van der Waals surface area (Å²) in [6.45, 7) is 2.83. The predicted molar refractivity (Wildman–Crippen MR) is 151 cm³/mol. The molecule has 2 heterocycles. The number of hydrogen-bond donors (Lipinski definition) is 1. The van der Waals surface area contributed by atoms with Gasteiger partial charge in [-0.1, -0.05) is 30.3 Å². The number of carbonyl (C=O) groups is 2. The summed E-state index contributed by atoms with van der Waals surface area (Å²) in [5.41, 5.74) is 9.72. The highest BCUT2D eigenvalue weighted by molar-refractivity contribution is 6.11. The van der Waals surface area contributed by atoms with E-state index in [4.69, 9.17) is 19.9 Å². The maximum atomic E-state index is 13.4. The van der Waals surface area contributed by atoms with Crippen molar-refractivity contribution in [1.82, 2.24) is 4.57 Å². The van der Waals surface area contributed by atoms with Crippen LogP contribution in [0.15, 0.2) is 89.4 Å². The van der Waals surface area contributed by atoms with Crippen LogP contribution in [0.5, 0.6) is 5.75 Å². The molecule has 0 amide bonds. The first-order valence-electron chi connectivity index (χ1n) is 12.7. The Morgan fingerprint density at radius 3 is 2.23 bits per heavy atom. The zero-order chi connectivity index (χ0) is 28.6. The lowest BCUT2D eigenvalue weighted by Crippen LogP contribution is -2.40. The molecule has 5 rings (SSSR count). The van der Waals surface area contributed by atoms with Gasteiger partial charge in [0.15, 0.2) is 0 Å². The number of benzene rings is 3. The van der Waals surface area contributed by atoms with Crippen molar-refractivity contribution in [2.45, 2.75) is 19.4 Å². The number of aromatic nitrogens is 1. The Morgan fingerprint density at radius 2 is 1.60 bits per heavy atom. The molecule has 9 nitrogen and oxygen atoms in total. The van der Waals surface area contributed by atoms with Gasteiger partial charge >= 0.3 is 11.9 Å². The predicted octanol–water partition coefficient (Wildman–Crippen LogP) is 4.72. The van der Waals surface area contributed by atoms with Gasteiger partial charge in [-0.05, 0) is 48.9 Å². The molecule has 0 fully saturated rings. The number of nitrogens with zero attached hydrogens (tertiary/aromatic N) is 3. The standard InChI is InChI=1S/C31H28N4O5/c1-5-34-24-9-7-6-8-21(24)22-16-19(12-15-25(22)34)35-28(31(37)40-4)27(30(36)39-3)26(23(17-32)29(35)33)18-10-13-20(38-2)14-11-18/h6-16,26H,5,33H2,1-4H3. The number of nitriles is 1. The van der Waals surface area contributed by atoms with Gasteiger partial charge in [0.05, 0.1) is 44.5 Å². The Labute approximate surface area is 231 Å². The van der Waals surface area contributed by atoms with Gasteiger partial charge in [0.1, 0.15) is 17.3 Å². The Balaban J connectivity index is 1.82. The summed E-state index contributed by atoms with van der Waals surface area (Å²) in [6.07, 6.45) is 0. The second-order valence-corrected chi connectivity index (χ2v) is 9.16. The molecule has 0 bridgehead atoms. The number of aryl methyl sites for hydroxylation is 1. The number of carbonyl (C=O) groups excluding carboxylic acids is 2. The molecule has 0 saturated carbocycles. The fraction of sp³-hybridized carbons (Fsp3) is 0.194. The van der Waals surface area contributed by atoms with E-state index in [9.17, 15) is 14.9 Å². The summed E-state index contributed by atoms with van der Waals surface area (Å²) in [7, 11) is 3.98. The number of methoxy groups -OCH3 is 3. The summed E-state index contributed by atoms with van der Waals surface area (Å²) in [6, 6.07) is 22.7. The molecule has 40 heavy (non-hydrogen) atoms. The molecule has 0 saturated heterocycles. The van der Waals surface area contributed by atoms with Crippen molar-refractivity contribution in [2.75, 3.05) is 26.2 Å². The molecule has 1 aromatic heterocycles. The number of fused-ring (bicyclic) bond motifs is 3. The Morgan fingerprint density at radius 1 is 0.925 bits per heavy atom. The highest BCUT2D eigenvalue weighted by Crippen LogP contribution is 2.44. The highest BCUT2D eigenvalue weighted by Gasteiger charge is 2.43. The van der Waals surface area contributed by atoms with Gasteiger partial charge < -0.3 is 24.5 Å². The largest absolute Gasteiger partial charge is 0.497 e. The lowest BCUT2D eigenvalue weighted by Gasteiger charge is -2.36. The van der Waals surface area contributed by atoms with Gasteiger partial charge in [-0.3, -0.25) is 4.90 Å². The van der Waals surface area contributed by atoms with Crippen LogP contribution in [-0.4, -0.2) is 37.8 Å². The van der Waals surface area contributed by atoms with Gasteiger partial charge in [-0.15, -0.1) is 0 Å². The van der Waals surface area contributed by atoms with Crippen LogP contribution in [0.2, 0.25) is 0 Å². The first-order chi connectivity index (χ1) is 19.4. The molecule has 1 unspecified atom stereocenters. The average Bonchev–Trinajstić information content (AvgIpc) is 3.32. The average molecular weight is 537 g/mol. The third-order valence-corrected chi connectivity index (χ3v) is 7.26. The number of allylic oxidation sites excluding steroid dienone is 1. The normalized spacial score (nSPS) is 15.4. The molecule has 0 aliphatic carbocycles. The summed E-state index contributed by atoms with van der Waals surface area (Å²) in [5.74, 6) is -1.95. The van der Waals surface area contributed by atoms with E-state index >= 15 is 0 Å². The fourth-order valence-corrected chi connectivity index (χ4v) is 5.45. The Hall–Kier alpha value is -5.23. The van der Waals surface area contributed by atoms with Crippen molar-refractivity contribution in [3.63, 3.8) is 0 Å². The van der Waals surface area contributed by atoms with Crippen LogP contribution in [0.4, 0.5) is 5.69 Å². The number of rotatable bonds is 6. The summed E-state index contributed by atoms with van der Waals surface area (Å²) in [5, 5.41) is 12.3. The van der Waals surface area contributed by atoms with Gasteiger partial charge in [0, 0.05) is 34.0 Å². The Kier molecular flexibility index (Phi) is 6.92. The molecular formula is C31H28N4O5. The van der Waals surface area contributed by atoms with Crippen LogP contribution >= 0.6 is 0 Å². The number of ether oxygens (including phenoxy) is 3. The van der Waals surface area contributed by atoms with E-state index in [0.717, 1.165) is 28.4 Å². The smallest absolute Gasteiger partial charge is 0.355 e. The van der Waals surface area contributed by atoms with Crippen molar-refractivity contribution in [3.05, 3.63) is 95.0 Å². The van der Waals surface area contributed by atoms with E-state index in [2.05, 4.69) is 23.6 Å². The minimum absolute atomic E-state index is 0.00921. The van der Waals surface area contributed by atoms with Crippen LogP contribution in [0.1, 0.15) is 18.4 Å². The van der Waals surface area contributed by atoms with Crippen molar-refractivity contribution in [1.29, 1.82) is 5.26 Å². The number of para-hydroxylation sites is 1. The van der Waals surface area contributed by atoms with Crippen LogP contribution in [0.3, 0.4) is 0 Å². The third-order valence-electron chi connectivity index (χ3n) is 7.26. The van der Waals surface area contributed by atoms with Crippen LogP contribution in [0.25, 0.3) is 21.8 Å². The van der Waals surface area contributed by atoms with E-state index in [1.165, 1.54) is 26.2 Å². The number of hydrogen-bond acceptors (Lipinski definition) is 8. The molecule has 0 spiro atoms. The monoisotopic (exact) mass is 536 g/mol. The van der Waals surface area contributed by atoms with E-state index in [1.54, 1.807) is 30.3 Å². The first kappa shape index (κ1) is 26.4. The summed E-state index contributed by atoms with van der Waals surface area (Å²) >= 11 is 0. The lowest BCUT2D eigenvalue weighted by molar-refractivity contribution is -0.139. The first-order valence-corrected chi connectivity index (χ1v) is 12.7. The quantitative estimate of drug-likeness (QED) is 0.352. The molecule has 3 aromatic carbocycles. The molecule has 0 radical (unpaired) electrons. The molecule has 4 aromatic rings. The topological polar surface area (TPSA) is 120 Å². The second-order valence-electron chi connectivity index (χ2n) is 9.16. The zero-order valence-electron chi connectivity index (χ0n) is 22.6. The van der Waals surface area contributed by atoms with E-state index in [0.29, 0.717) is 17.0 Å². The van der Waals surface area contributed by atoms with Gasteiger partial charge in [-0.25, -0.2) is 9.59 Å². The number of nitrogens with two attached hydrogens (primary N) is 1. The molecule has 202 valence electrons. The van der Waals surface area contributed by atoms with Crippen molar-refractivity contribution >= 4 is 39.4 Å². The van der Waals surface area contributed by atoms with Crippen molar-refractivity contribution in [3.8, 4) is 11.8 Å². The number of anilines is 1. The lowest BCUT2D eigenvalue weighted by atomic mass is 9.81. The van der Waals surface area contributed by atoms with Gasteiger partial charge in [0.2, 0.25) is 0 Å². The summed E-state index contributed by atoms with van der Waals surface area (Å²) in [4.78, 5) is 28.2. The second kappa shape index (κ2) is 10.5. The SMILES string of the molecule is CCn1c2ccccc2c2cc(N3C(N)=C(C#N)C(c4ccc(OC)cc4)C(C(=O)OC)=C3C(=O)OC)ccc21. The van der Waals surface area contributed by atoms with Crippen molar-refractivity contribution in [2.24, 2.45) is 5.73 Å². The minimum atomic E-state index is -0.973. The molecule has 1 atom stereocenters. The highest BCUT2D eigenvalue weighted by atomic mass is 16.5. The van der Waals surface area contributed by atoms with E-state index in [1.807, 2.05) is 30.3 Å². The van der Waals surface area contributed by atoms with Crippen LogP contribution in [0, 0.1) is 11.3 Å². The number of esters is 2. The third kappa shape index (κ3) is 4.01. The molecule has 1 aliphatic rings. The maximum Gasteiger partial charge on any atom is 0.355 e. The zero-order valence-corrected chi connectivity index (χ0v) is 22.6. The van der Waals surface area contributed by atoms with Gasteiger partial charge in [0.25, 0.3) is 0 Å².